The van der Waals surface area contributed by atoms with Crippen molar-refractivity contribution in [3.63, 3.8) is 0 Å². The summed E-state index contributed by atoms with van der Waals surface area (Å²) in [6.07, 6.45) is 3.35. The van der Waals surface area contributed by atoms with Gasteiger partial charge in [-0.25, -0.2) is 14.4 Å². The Morgan fingerprint density at radius 3 is 1.67 bits per heavy atom. The molecule has 11 heteroatoms. The van der Waals surface area contributed by atoms with Crippen LogP contribution >= 0.6 is 0 Å². The molecule has 168 valence electrons. The average molecular weight is 426 g/mol. The zero-order valence-electron chi connectivity index (χ0n) is 17.2. The summed E-state index contributed by atoms with van der Waals surface area (Å²) in [5, 5.41) is 0.383. The lowest BCUT2D eigenvalue weighted by molar-refractivity contribution is -0.286. The second-order valence-corrected chi connectivity index (χ2v) is 7.30. The van der Waals surface area contributed by atoms with E-state index in [9.17, 15) is 14.4 Å². The summed E-state index contributed by atoms with van der Waals surface area (Å²) in [5.74, 6) is -1.67. The van der Waals surface area contributed by atoms with E-state index in [1.54, 1.807) is 4.90 Å². The third-order valence-corrected chi connectivity index (χ3v) is 5.14. The minimum atomic E-state index is -0.837. The number of carbonyl (C=O) groups excluding carboxylic acids is 3. The summed E-state index contributed by atoms with van der Waals surface area (Å²) in [7, 11) is 0. The Bertz CT molecular complexity index is 574. The molecule has 0 aromatic rings. The number of rotatable bonds is 8. The lowest BCUT2D eigenvalue weighted by atomic mass is 10.3. The predicted octanol–water partition coefficient (Wildman–Crippen LogP) is -0.359. The number of urea groups is 1. The third kappa shape index (κ3) is 7.24. The molecule has 30 heavy (non-hydrogen) atoms. The molecule has 0 bridgehead atoms. The molecule has 0 N–H and O–H groups in total. The van der Waals surface area contributed by atoms with Crippen LogP contribution in [-0.4, -0.2) is 117 Å². The molecule has 2 amide bonds. The lowest BCUT2D eigenvalue weighted by Gasteiger charge is -2.31. The first-order chi connectivity index (χ1) is 14.6. The Hall–Kier alpha value is -2.21. The molecule has 0 aromatic heterocycles. The van der Waals surface area contributed by atoms with Gasteiger partial charge in [-0.15, -0.1) is 0 Å². The van der Waals surface area contributed by atoms with Gasteiger partial charge >= 0.3 is 18.0 Å². The van der Waals surface area contributed by atoms with Crippen LogP contribution in [0.25, 0.3) is 0 Å². The van der Waals surface area contributed by atoms with Crippen molar-refractivity contribution in [2.45, 2.75) is 12.8 Å². The number of carbonyl (C=O) groups is 3. The number of hydroxylamine groups is 2. The molecule has 0 atom stereocenters. The Morgan fingerprint density at radius 1 is 0.800 bits per heavy atom. The second kappa shape index (κ2) is 11.8. The summed E-state index contributed by atoms with van der Waals surface area (Å²) < 4.78 is 10.7. The Kier molecular flexibility index (Phi) is 8.87. The summed E-state index contributed by atoms with van der Waals surface area (Å²) in [6, 6.07) is -0.663. The SMILES string of the molecule is O=C1C=CC(=O)ON(C(=O)N(CCCN2CCOCC2)CCCN2CCOCC2)O1. The summed E-state index contributed by atoms with van der Waals surface area (Å²) in [6.45, 7) is 8.94. The molecule has 3 heterocycles. The van der Waals surface area contributed by atoms with Gasteiger partial charge in [-0.1, -0.05) is 0 Å². The molecular formula is C19H30N4O7. The topological polar surface area (TPSA) is 101 Å². The van der Waals surface area contributed by atoms with Crippen molar-refractivity contribution in [2.24, 2.45) is 0 Å². The van der Waals surface area contributed by atoms with Gasteiger partial charge in [0, 0.05) is 69.7 Å². The predicted molar refractivity (Wildman–Crippen MR) is 104 cm³/mol. The Labute approximate surface area is 175 Å². The monoisotopic (exact) mass is 426 g/mol. The van der Waals surface area contributed by atoms with Gasteiger partial charge in [0.15, 0.2) is 0 Å². The van der Waals surface area contributed by atoms with Gasteiger partial charge < -0.3 is 14.4 Å². The highest BCUT2D eigenvalue weighted by Crippen LogP contribution is 2.10. The van der Waals surface area contributed by atoms with Crippen LogP contribution in [0.5, 0.6) is 0 Å². The van der Waals surface area contributed by atoms with E-state index < -0.39 is 18.0 Å². The van der Waals surface area contributed by atoms with Crippen molar-refractivity contribution >= 4 is 18.0 Å². The first kappa shape index (κ1) is 22.5. The van der Waals surface area contributed by atoms with Crippen LogP contribution in [0.4, 0.5) is 4.79 Å². The summed E-state index contributed by atoms with van der Waals surface area (Å²) in [5.41, 5.74) is 0. The highest BCUT2D eigenvalue weighted by atomic mass is 17.0. The van der Waals surface area contributed by atoms with E-state index in [0.717, 1.165) is 90.7 Å². The largest absolute Gasteiger partial charge is 0.391 e. The van der Waals surface area contributed by atoms with Crippen LogP contribution in [-0.2, 0) is 28.7 Å². The zero-order chi connectivity index (χ0) is 21.2. The highest BCUT2D eigenvalue weighted by molar-refractivity contribution is 5.93. The smallest absolute Gasteiger partial charge is 0.379 e. The number of ether oxygens (including phenoxy) is 2. The van der Waals surface area contributed by atoms with Crippen molar-refractivity contribution in [3.05, 3.63) is 12.2 Å². The fraction of sp³-hybridized carbons (Fsp3) is 0.737. The molecule has 0 aromatic carbocycles. The van der Waals surface area contributed by atoms with Gasteiger partial charge in [0.1, 0.15) is 0 Å². The van der Waals surface area contributed by atoms with Crippen LogP contribution in [0, 0.1) is 0 Å². The van der Waals surface area contributed by atoms with Gasteiger partial charge in [0.05, 0.1) is 26.4 Å². The van der Waals surface area contributed by atoms with E-state index in [2.05, 4.69) is 9.80 Å². The number of hydrogen-bond acceptors (Lipinski definition) is 9. The van der Waals surface area contributed by atoms with Crippen molar-refractivity contribution in [2.75, 3.05) is 78.8 Å². The molecule has 3 aliphatic heterocycles. The zero-order valence-corrected chi connectivity index (χ0v) is 17.2. The molecule has 0 radical (unpaired) electrons. The van der Waals surface area contributed by atoms with Gasteiger partial charge in [-0.3, -0.25) is 19.5 Å². The van der Waals surface area contributed by atoms with Crippen LogP contribution in [0.1, 0.15) is 12.8 Å². The van der Waals surface area contributed by atoms with Crippen LogP contribution in [0.15, 0.2) is 12.2 Å². The fourth-order valence-electron chi connectivity index (χ4n) is 3.50. The molecule has 2 saturated heterocycles. The van der Waals surface area contributed by atoms with E-state index >= 15 is 0 Å². The maximum absolute atomic E-state index is 12.9. The molecule has 0 saturated carbocycles. The highest BCUT2D eigenvalue weighted by Gasteiger charge is 2.29. The van der Waals surface area contributed by atoms with Crippen LogP contribution < -0.4 is 0 Å². The summed E-state index contributed by atoms with van der Waals surface area (Å²) >= 11 is 0. The number of hydrogen-bond donors (Lipinski definition) is 0. The van der Waals surface area contributed by atoms with Crippen LogP contribution in [0.3, 0.4) is 0 Å². The molecule has 3 rings (SSSR count). The van der Waals surface area contributed by atoms with Gasteiger partial charge in [0.25, 0.3) is 0 Å². The van der Waals surface area contributed by atoms with E-state index in [1.807, 2.05) is 0 Å². The molecule has 0 aliphatic carbocycles. The van der Waals surface area contributed by atoms with E-state index in [1.165, 1.54) is 0 Å². The Balaban J connectivity index is 1.53. The number of morpholine rings is 2. The molecule has 2 fully saturated rings. The van der Waals surface area contributed by atoms with Crippen molar-refractivity contribution < 1.29 is 33.5 Å². The number of nitrogens with zero attached hydrogens (tertiary/aromatic N) is 4. The Morgan fingerprint density at radius 2 is 1.23 bits per heavy atom. The van der Waals surface area contributed by atoms with Crippen LogP contribution in [0.2, 0.25) is 0 Å². The fourth-order valence-corrected chi connectivity index (χ4v) is 3.50. The molecular weight excluding hydrogens is 396 g/mol. The first-order valence-electron chi connectivity index (χ1n) is 10.4. The second-order valence-electron chi connectivity index (χ2n) is 7.30. The third-order valence-electron chi connectivity index (χ3n) is 5.14. The van der Waals surface area contributed by atoms with E-state index in [4.69, 9.17) is 19.1 Å². The van der Waals surface area contributed by atoms with Crippen molar-refractivity contribution in [1.82, 2.24) is 19.9 Å². The van der Waals surface area contributed by atoms with Gasteiger partial charge in [-0.05, 0) is 12.8 Å². The van der Waals surface area contributed by atoms with E-state index in [0.29, 0.717) is 18.3 Å². The maximum Gasteiger partial charge on any atom is 0.391 e. The minimum absolute atomic E-state index is 0.383. The first-order valence-corrected chi connectivity index (χ1v) is 10.4. The molecule has 0 spiro atoms. The molecule has 3 aliphatic rings. The minimum Gasteiger partial charge on any atom is -0.379 e. The van der Waals surface area contributed by atoms with Gasteiger partial charge in [0.2, 0.25) is 0 Å². The quantitative estimate of drug-likeness (QED) is 0.515. The van der Waals surface area contributed by atoms with Crippen molar-refractivity contribution in [1.29, 1.82) is 0 Å². The standard InChI is InChI=1S/C19H30N4O7/c24-17-3-4-18(25)30-23(29-17)19(26)22(7-1-5-20-9-13-27-14-10-20)8-2-6-21-11-15-28-16-12-21/h3-4H,1-2,5-16H2. The lowest BCUT2D eigenvalue weighted by Crippen LogP contribution is -2.46. The summed E-state index contributed by atoms with van der Waals surface area (Å²) in [4.78, 5) is 52.0. The van der Waals surface area contributed by atoms with Crippen molar-refractivity contribution in [3.8, 4) is 0 Å². The van der Waals surface area contributed by atoms with E-state index in [-0.39, 0.29) is 0 Å². The molecule has 0 unspecified atom stereocenters. The maximum atomic E-state index is 12.9. The number of amides is 2. The normalized spacial score (nSPS) is 21.1. The molecule has 11 nitrogen and oxygen atoms in total. The van der Waals surface area contributed by atoms with Gasteiger partial charge in [-0.2, -0.15) is 0 Å². The average Bonchev–Trinajstić information content (AvgIpc) is 2.94.